The minimum atomic E-state index is 0.120. The third kappa shape index (κ3) is 3.28. The molecular weight excluding hydrogens is 220 g/mol. The summed E-state index contributed by atoms with van der Waals surface area (Å²) in [4.78, 5) is 4.74. The fourth-order valence-electron chi connectivity index (χ4n) is 1.89. The van der Waals surface area contributed by atoms with Gasteiger partial charge in [-0.05, 0) is 32.5 Å². The first-order valence-electron chi connectivity index (χ1n) is 5.73. The Bertz CT molecular complexity index is 314. The highest BCUT2D eigenvalue weighted by atomic mass is 32.1. The molecule has 0 saturated heterocycles. The van der Waals surface area contributed by atoms with Gasteiger partial charge in [0.2, 0.25) is 0 Å². The summed E-state index contributed by atoms with van der Waals surface area (Å²) in [6, 6.07) is 4.61. The standard InChI is InChI=1S/C12H22N2OS/c1-4-10(13)12(14(3)7-8-15)11-6-5-9(2)16-11/h5-6,10,12,15H,4,7-8,13H2,1-3H3. The number of hydrogen-bond acceptors (Lipinski definition) is 4. The number of rotatable bonds is 6. The predicted molar refractivity (Wildman–Crippen MR) is 69.8 cm³/mol. The molecule has 0 saturated carbocycles. The minimum absolute atomic E-state index is 0.120. The van der Waals surface area contributed by atoms with Gasteiger partial charge in [0.25, 0.3) is 0 Å². The third-order valence-corrected chi connectivity index (χ3v) is 3.93. The third-order valence-electron chi connectivity index (χ3n) is 2.86. The highest BCUT2D eigenvalue weighted by Crippen LogP contribution is 2.29. The van der Waals surface area contributed by atoms with E-state index in [0.29, 0.717) is 6.54 Å². The van der Waals surface area contributed by atoms with Crippen molar-refractivity contribution in [1.82, 2.24) is 4.90 Å². The lowest BCUT2D eigenvalue weighted by Gasteiger charge is -2.31. The number of aryl methyl sites for hydroxylation is 1. The number of hydrogen-bond donors (Lipinski definition) is 2. The van der Waals surface area contributed by atoms with E-state index in [1.54, 1.807) is 11.3 Å². The van der Waals surface area contributed by atoms with Crippen LogP contribution >= 0.6 is 11.3 Å². The van der Waals surface area contributed by atoms with E-state index in [0.717, 1.165) is 6.42 Å². The molecule has 0 aliphatic carbocycles. The van der Waals surface area contributed by atoms with Gasteiger partial charge < -0.3 is 10.8 Å². The first kappa shape index (κ1) is 13.6. The highest BCUT2D eigenvalue weighted by Gasteiger charge is 2.23. The molecule has 92 valence electrons. The summed E-state index contributed by atoms with van der Waals surface area (Å²) in [5, 5.41) is 9.01. The number of nitrogens with two attached hydrogens (primary N) is 1. The molecule has 1 aromatic heterocycles. The number of aliphatic hydroxyl groups excluding tert-OH is 1. The van der Waals surface area contributed by atoms with Crippen LogP contribution in [0.3, 0.4) is 0 Å². The quantitative estimate of drug-likeness (QED) is 0.799. The lowest BCUT2D eigenvalue weighted by Crippen LogP contribution is -2.39. The van der Waals surface area contributed by atoms with Gasteiger partial charge in [-0.25, -0.2) is 0 Å². The van der Waals surface area contributed by atoms with Crippen molar-refractivity contribution in [2.75, 3.05) is 20.2 Å². The van der Waals surface area contributed by atoms with Crippen molar-refractivity contribution in [2.45, 2.75) is 32.4 Å². The van der Waals surface area contributed by atoms with Crippen LogP contribution < -0.4 is 5.73 Å². The highest BCUT2D eigenvalue weighted by molar-refractivity contribution is 7.12. The molecule has 0 aromatic carbocycles. The normalized spacial score (nSPS) is 15.4. The Hall–Kier alpha value is -0.420. The zero-order chi connectivity index (χ0) is 12.1. The van der Waals surface area contributed by atoms with Crippen molar-refractivity contribution in [3.8, 4) is 0 Å². The fourth-order valence-corrected chi connectivity index (χ4v) is 3.01. The molecule has 1 aromatic rings. The number of aliphatic hydroxyl groups is 1. The summed E-state index contributed by atoms with van der Waals surface area (Å²) in [7, 11) is 2.02. The molecule has 3 nitrogen and oxygen atoms in total. The van der Waals surface area contributed by atoms with E-state index < -0.39 is 0 Å². The second-order valence-electron chi connectivity index (χ2n) is 4.17. The van der Waals surface area contributed by atoms with Crippen molar-refractivity contribution in [3.05, 3.63) is 21.9 Å². The molecule has 0 radical (unpaired) electrons. The Morgan fingerprint density at radius 3 is 2.62 bits per heavy atom. The summed E-state index contributed by atoms with van der Waals surface area (Å²) in [5.41, 5.74) is 6.17. The Kier molecular flexibility index (Phi) is 5.41. The van der Waals surface area contributed by atoms with Crippen LogP contribution in [0.25, 0.3) is 0 Å². The van der Waals surface area contributed by atoms with Gasteiger partial charge in [0.1, 0.15) is 0 Å². The minimum Gasteiger partial charge on any atom is -0.395 e. The van der Waals surface area contributed by atoms with Crippen LogP contribution in [0.5, 0.6) is 0 Å². The van der Waals surface area contributed by atoms with E-state index in [4.69, 9.17) is 10.8 Å². The average Bonchev–Trinajstić information content (AvgIpc) is 2.65. The molecule has 1 rings (SSSR count). The van der Waals surface area contributed by atoms with Gasteiger partial charge in [-0.3, -0.25) is 4.90 Å². The second-order valence-corrected chi connectivity index (χ2v) is 5.49. The van der Waals surface area contributed by atoms with E-state index >= 15 is 0 Å². The lowest BCUT2D eigenvalue weighted by molar-refractivity contribution is 0.164. The van der Waals surface area contributed by atoms with Crippen molar-refractivity contribution >= 4 is 11.3 Å². The SMILES string of the molecule is CCC(N)C(c1ccc(C)s1)N(C)CCO. The summed E-state index contributed by atoms with van der Waals surface area (Å²) >= 11 is 1.79. The van der Waals surface area contributed by atoms with Gasteiger partial charge in [0, 0.05) is 22.3 Å². The molecule has 2 unspecified atom stereocenters. The zero-order valence-electron chi connectivity index (χ0n) is 10.3. The smallest absolute Gasteiger partial charge is 0.0591 e. The van der Waals surface area contributed by atoms with Crippen LogP contribution in [0.15, 0.2) is 12.1 Å². The van der Waals surface area contributed by atoms with Gasteiger partial charge in [0.15, 0.2) is 0 Å². The van der Waals surface area contributed by atoms with Gasteiger partial charge >= 0.3 is 0 Å². The van der Waals surface area contributed by atoms with E-state index in [-0.39, 0.29) is 18.7 Å². The number of nitrogens with zero attached hydrogens (tertiary/aromatic N) is 1. The van der Waals surface area contributed by atoms with Crippen LogP contribution in [-0.4, -0.2) is 36.2 Å². The van der Waals surface area contributed by atoms with Crippen LogP contribution in [0.1, 0.15) is 29.1 Å². The van der Waals surface area contributed by atoms with Crippen molar-refractivity contribution in [2.24, 2.45) is 5.73 Å². The predicted octanol–water partition coefficient (Wildman–Crippen LogP) is 1.76. The van der Waals surface area contributed by atoms with Gasteiger partial charge in [-0.2, -0.15) is 0 Å². The molecule has 0 bridgehead atoms. The summed E-state index contributed by atoms with van der Waals surface area (Å²) in [5.74, 6) is 0. The average molecular weight is 242 g/mol. The molecule has 0 aliphatic rings. The van der Waals surface area contributed by atoms with Gasteiger partial charge in [-0.1, -0.05) is 6.92 Å². The molecular formula is C12H22N2OS. The molecule has 3 N–H and O–H groups in total. The summed E-state index contributed by atoms with van der Waals surface area (Å²) in [6.45, 7) is 5.04. The van der Waals surface area contributed by atoms with E-state index in [1.165, 1.54) is 9.75 Å². The molecule has 0 amide bonds. The van der Waals surface area contributed by atoms with Crippen LogP contribution in [-0.2, 0) is 0 Å². The molecule has 0 aliphatic heterocycles. The largest absolute Gasteiger partial charge is 0.395 e. The van der Waals surface area contributed by atoms with Gasteiger partial charge in [-0.15, -0.1) is 11.3 Å². The van der Waals surface area contributed by atoms with E-state index in [1.807, 2.05) is 7.05 Å². The van der Waals surface area contributed by atoms with Crippen LogP contribution in [0.4, 0.5) is 0 Å². The van der Waals surface area contributed by atoms with Gasteiger partial charge in [0.05, 0.1) is 12.6 Å². The van der Waals surface area contributed by atoms with Crippen LogP contribution in [0, 0.1) is 6.92 Å². The Labute approximate surface area is 102 Å². The molecule has 1 heterocycles. The molecule has 0 fully saturated rings. The maximum atomic E-state index is 9.01. The molecule has 4 heteroatoms. The molecule has 2 atom stereocenters. The van der Waals surface area contributed by atoms with E-state index in [9.17, 15) is 0 Å². The monoisotopic (exact) mass is 242 g/mol. The second kappa shape index (κ2) is 6.35. The van der Waals surface area contributed by atoms with E-state index in [2.05, 4.69) is 30.9 Å². The Balaban J connectivity index is 2.86. The zero-order valence-corrected chi connectivity index (χ0v) is 11.1. The number of likely N-dealkylation sites (N-methyl/N-ethyl adjacent to an activating group) is 1. The van der Waals surface area contributed by atoms with Crippen molar-refractivity contribution < 1.29 is 5.11 Å². The maximum Gasteiger partial charge on any atom is 0.0591 e. The fraction of sp³-hybridized carbons (Fsp3) is 0.667. The summed E-state index contributed by atoms with van der Waals surface area (Å²) in [6.07, 6.45) is 0.942. The Morgan fingerprint density at radius 1 is 1.50 bits per heavy atom. The molecule has 0 spiro atoms. The topological polar surface area (TPSA) is 49.5 Å². The number of thiophene rings is 1. The molecule has 16 heavy (non-hydrogen) atoms. The first-order chi connectivity index (χ1) is 7.60. The summed E-state index contributed by atoms with van der Waals surface area (Å²) < 4.78 is 0. The maximum absolute atomic E-state index is 9.01. The lowest BCUT2D eigenvalue weighted by atomic mass is 10.0. The van der Waals surface area contributed by atoms with Crippen molar-refractivity contribution in [1.29, 1.82) is 0 Å². The van der Waals surface area contributed by atoms with Crippen molar-refractivity contribution in [3.63, 3.8) is 0 Å². The first-order valence-corrected chi connectivity index (χ1v) is 6.54. The Morgan fingerprint density at radius 2 is 2.19 bits per heavy atom. The van der Waals surface area contributed by atoms with Crippen LogP contribution in [0.2, 0.25) is 0 Å².